The lowest BCUT2D eigenvalue weighted by Crippen LogP contribution is -2.48. The molecule has 0 radical (unpaired) electrons. The molecule has 2 heterocycles. The lowest BCUT2D eigenvalue weighted by atomic mass is 10.1. The van der Waals surface area contributed by atoms with Gasteiger partial charge in [0.15, 0.2) is 0 Å². The number of carbonyl (C=O) groups excluding carboxylic acids is 1. The molecule has 0 aliphatic carbocycles. The van der Waals surface area contributed by atoms with Crippen molar-refractivity contribution in [2.24, 2.45) is 0 Å². The summed E-state index contributed by atoms with van der Waals surface area (Å²) >= 11 is 0. The van der Waals surface area contributed by atoms with Crippen LogP contribution in [0.25, 0.3) is 6.08 Å². The van der Waals surface area contributed by atoms with E-state index in [-0.39, 0.29) is 11.9 Å². The molecule has 5 nitrogen and oxygen atoms in total. The van der Waals surface area contributed by atoms with Crippen molar-refractivity contribution < 1.29 is 14.3 Å². The Morgan fingerprint density at radius 3 is 3.29 bits per heavy atom. The highest BCUT2D eigenvalue weighted by Gasteiger charge is 2.20. The Hall–Kier alpha value is -1.85. The van der Waals surface area contributed by atoms with Crippen molar-refractivity contribution in [3.8, 4) is 5.75 Å². The fourth-order valence-corrected chi connectivity index (χ4v) is 3.33. The highest BCUT2D eigenvalue weighted by molar-refractivity contribution is 5.92. The lowest BCUT2D eigenvalue weighted by molar-refractivity contribution is -0.117. The van der Waals surface area contributed by atoms with Gasteiger partial charge in [0, 0.05) is 38.7 Å². The van der Waals surface area contributed by atoms with Gasteiger partial charge in [-0.1, -0.05) is 6.07 Å². The number of nitrogens with zero attached hydrogens (tertiary/aromatic N) is 1. The molecule has 130 valence electrons. The van der Waals surface area contributed by atoms with Crippen LogP contribution in [0.4, 0.5) is 0 Å². The molecule has 5 heteroatoms. The molecule has 1 saturated heterocycles. The smallest absolute Gasteiger partial charge is 0.244 e. The molecule has 0 bridgehead atoms. The molecule has 1 aromatic rings. The normalized spacial score (nSPS) is 20.8. The number of piperidine rings is 1. The number of amides is 1. The van der Waals surface area contributed by atoms with Gasteiger partial charge in [0.05, 0.1) is 13.2 Å². The summed E-state index contributed by atoms with van der Waals surface area (Å²) in [6, 6.07) is 6.29. The third-order valence-corrected chi connectivity index (χ3v) is 4.60. The minimum absolute atomic E-state index is 0.0228. The number of hydrogen-bond acceptors (Lipinski definition) is 4. The summed E-state index contributed by atoms with van der Waals surface area (Å²) in [5.74, 6) is 0.945. The van der Waals surface area contributed by atoms with Gasteiger partial charge in [0.1, 0.15) is 5.75 Å². The van der Waals surface area contributed by atoms with E-state index in [9.17, 15) is 4.79 Å². The lowest BCUT2D eigenvalue weighted by Gasteiger charge is -2.32. The van der Waals surface area contributed by atoms with Crippen molar-refractivity contribution in [3.05, 3.63) is 35.4 Å². The summed E-state index contributed by atoms with van der Waals surface area (Å²) in [4.78, 5) is 14.5. The minimum atomic E-state index is -0.0228. The van der Waals surface area contributed by atoms with Crippen LogP contribution in [0.2, 0.25) is 0 Å². The summed E-state index contributed by atoms with van der Waals surface area (Å²) in [6.45, 7) is 4.41. The summed E-state index contributed by atoms with van der Waals surface area (Å²) in [6.07, 6.45) is 6.61. The number of carbonyl (C=O) groups is 1. The zero-order chi connectivity index (χ0) is 16.8. The molecular weight excluding hydrogens is 304 g/mol. The average molecular weight is 330 g/mol. The highest BCUT2D eigenvalue weighted by Crippen LogP contribution is 2.26. The molecule has 3 rings (SSSR count). The van der Waals surface area contributed by atoms with Crippen LogP contribution in [-0.2, 0) is 16.0 Å². The number of hydrogen-bond donors (Lipinski definition) is 1. The molecule has 0 saturated carbocycles. The first kappa shape index (κ1) is 17.0. The summed E-state index contributed by atoms with van der Waals surface area (Å²) in [5.41, 5.74) is 2.26. The second-order valence-electron chi connectivity index (χ2n) is 6.44. The largest absolute Gasteiger partial charge is 0.493 e. The molecule has 0 spiro atoms. The van der Waals surface area contributed by atoms with Crippen LogP contribution < -0.4 is 10.1 Å². The number of ether oxygens (including phenoxy) is 2. The van der Waals surface area contributed by atoms with E-state index < -0.39 is 0 Å². The quantitative estimate of drug-likeness (QED) is 0.809. The van der Waals surface area contributed by atoms with Crippen LogP contribution in [-0.4, -0.2) is 56.8 Å². The van der Waals surface area contributed by atoms with Crippen molar-refractivity contribution in [1.29, 1.82) is 0 Å². The molecule has 2 aliphatic heterocycles. The first-order valence-corrected chi connectivity index (χ1v) is 8.70. The molecule has 1 amide bonds. The van der Waals surface area contributed by atoms with Gasteiger partial charge < -0.3 is 14.8 Å². The fraction of sp³-hybridized carbons (Fsp3) is 0.526. The van der Waals surface area contributed by atoms with E-state index in [0.717, 1.165) is 63.4 Å². The molecule has 1 unspecified atom stereocenters. The number of nitrogens with one attached hydrogen (secondary N) is 1. The number of likely N-dealkylation sites (tertiary alicyclic amines) is 1. The Morgan fingerprint density at radius 1 is 1.50 bits per heavy atom. The van der Waals surface area contributed by atoms with Gasteiger partial charge in [-0.25, -0.2) is 0 Å². The molecular formula is C19H26N2O3. The van der Waals surface area contributed by atoms with E-state index in [1.165, 1.54) is 5.56 Å². The molecule has 1 N–H and O–H groups in total. The van der Waals surface area contributed by atoms with Gasteiger partial charge in [-0.2, -0.15) is 0 Å². The van der Waals surface area contributed by atoms with E-state index in [0.29, 0.717) is 0 Å². The molecule has 24 heavy (non-hydrogen) atoms. The van der Waals surface area contributed by atoms with Gasteiger partial charge in [-0.05, 0) is 48.7 Å². The van der Waals surface area contributed by atoms with E-state index in [1.54, 1.807) is 13.2 Å². The maximum absolute atomic E-state index is 12.2. The summed E-state index contributed by atoms with van der Waals surface area (Å²) < 4.78 is 10.6. The topological polar surface area (TPSA) is 50.8 Å². The Balaban J connectivity index is 1.49. The maximum atomic E-state index is 12.2. The molecule has 1 fully saturated rings. The first-order chi connectivity index (χ1) is 11.7. The number of benzene rings is 1. The van der Waals surface area contributed by atoms with Crippen LogP contribution in [0, 0.1) is 0 Å². The minimum Gasteiger partial charge on any atom is -0.493 e. The van der Waals surface area contributed by atoms with Crippen LogP contribution in [0.1, 0.15) is 24.0 Å². The Morgan fingerprint density at radius 2 is 2.42 bits per heavy atom. The first-order valence-electron chi connectivity index (χ1n) is 8.70. The van der Waals surface area contributed by atoms with Gasteiger partial charge in [-0.3, -0.25) is 9.69 Å². The van der Waals surface area contributed by atoms with Crippen LogP contribution >= 0.6 is 0 Å². The van der Waals surface area contributed by atoms with Crippen LogP contribution in [0.3, 0.4) is 0 Å². The number of fused-ring (bicyclic) bond motifs is 1. The van der Waals surface area contributed by atoms with Crippen LogP contribution in [0.15, 0.2) is 24.3 Å². The monoisotopic (exact) mass is 330 g/mol. The number of methoxy groups -OCH3 is 1. The molecule has 1 atom stereocenters. The van der Waals surface area contributed by atoms with Crippen molar-refractivity contribution in [2.75, 3.05) is 40.0 Å². The van der Waals surface area contributed by atoms with Gasteiger partial charge in [0.2, 0.25) is 5.91 Å². The van der Waals surface area contributed by atoms with Crippen molar-refractivity contribution in [1.82, 2.24) is 10.2 Å². The highest BCUT2D eigenvalue weighted by atomic mass is 16.5. The predicted octanol–water partition coefficient (Wildman–Crippen LogP) is 1.86. The van der Waals surface area contributed by atoms with Crippen molar-refractivity contribution in [3.63, 3.8) is 0 Å². The SMILES string of the molecule is COCCN1CCCC(NC(=O)/C=C/c2ccc3c(c2)CCO3)C1. The molecule has 1 aromatic carbocycles. The van der Waals surface area contributed by atoms with Gasteiger partial charge >= 0.3 is 0 Å². The summed E-state index contributed by atoms with van der Waals surface area (Å²) in [5, 5.41) is 3.11. The Bertz CT molecular complexity index is 600. The third kappa shape index (κ3) is 4.58. The maximum Gasteiger partial charge on any atom is 0.244 e. The fourth-order valence-electron chi connectivity index (χ4n) is 3.33. The van der Waals surface area contributed by atoms with Crippen molar-refractivity contribution >= 4 is 12.0 Å². The molecule has 2 aliphatic rings. The number of rotatable bonds is 6. The second-order valence-corrected chi connectivity index (χ2v) is 6.44. The molecule has 0 aromatic heterocycles. The Labute approximate surface area is 143 Å². The predicted molar refractivity (Wildman–Crippen MR) is 94.2 cm³/mol. The average Bonchev–Trinajstić information content (AvgIpc) is 3.06. The van der Waals surface area contributed by atoms with E-state index in [4.69, 9.17) is 9.47 Å². The van der Waals surface area contributed by atoms with E-state index in [2.05, 4.69) is 16.3 Å². The van der Waals surface area contributed by atoms with E-state index >= 15 is 0 Å². The second kappa shape index (κ2) is 8.31. The summed E-state index contributed by atoms with van der Waals surface area (Å²) in [7, 11) is 1.72. The van der Waals surface area contributed by atoms with Gasteiger partial charge in [-0.15, -0.1) is 0 Å². The van der Waals surface area contributed by atoms with Gasteiger partial charge in [0.25, 0.3) is 0 Å². The zero-order valence-corrected chi connectivity index (χ0v) is 14.3. The zero-order valence-electron chi connectivity index (χ0n) is 14.3. The third-order valence-electron chi connectivity index (χ3n) is 4.60. The van der Waals surface area contributed by atoms with E-state index in [1.807, 2.05) is 18.2 Å². The standard InChI is InChI=1S/C19H26N2O3/c1-23-12-10-21-9-2-3-17(14-21)20-19(22)7-5-15-4-6-18-16(13-15)8-11-24-18/h4-7,13,17H,2-3,8-12,14H2,1H3,(H,20,22)/b7-5+. The Kier molecular flexibility index (Phi) is 5.88. The van der Waals surface area contributed by atoms with Crippen molar-refractivity contribution in [2.45, 2.75) is 25.3 Å². The van der Waals surface area contributed by atoms with Crippen LogP contribution in [0.5, 0.6) is 5.75 Å².